The fourth-order valence-corrected chi connectivity index (χ4v) is 4.66. The van der Waals surface area contributed by atoms with E-state index in [4.69, 9.17) is 0 Å². The summed E-state index contributed by atoms with van der Waals surface area (Å²) in [4.78, 5) is 38.3. The van der Waals surface area contributed by atoms with E-state index in [9.17, 15) is 28.1 Å². The molecule has 0 saturated heterocycles. The number of likely N-dealkylation sites (N-methyl/N-ethyl adjacent to an activating group) is 1. The highest BCUT2D eigenvalue weighted by atomic mass is 32.2. The van der Waals surface area contributed by atoms with Crippen LogP contribution in [0.25, 0.3) is 0 Å². The summed E-state index contributed by atoms with van der Waals surface area (Å²) in [6.07, 6.45) is 1.74. The normalized spacial score (nSPS) is 12.0. The van der Waals surface area contributed by atoms with Crippen LogP contribution in [0.4, 0.5) is 11.4 Å². The Kier molecular flexibility index (Phi) is 9.76. The van der Waals surface area contributed by atoms with Crippen molar-refractivity contribution in [3.63, 3.8) is 0 Å². The maximum atomic E-state index is 13.5. The van der Waals surface area contributed by atoms with E-state index in [-0.39, 0.29) is 23.8 Å². The minimum Gasteiger partial charge on any atom is -0.355 e. The van der Waals surface area contributed by atoms with Gasteiger partial charge in [0.25, 0.3) is 5.69 Å². The number of sulfonamides is 1. The first kappa shape index (κ1) is 27.8. The molecule has 0 bridgehead atoms. The average Bonchev–Trinajstić information content (AvgIpc) is 2.80. The molecule has 0 aromatic heterocycles. The van der Waals surface area contributed by atoms with Crippen molar-refractivity contribution < 1.29 is 22.9 Å². The number of nitrogens with zero attached hydrogens (tertiary/aromatic N) is 3. The highest BCUT2D eigenvalue weighted by molar-refractivity contribution is 7.92. The van der Waals surface area contributed by atoms with E-state index in [0.717, 1.165) is 22.2 Å². The highest BCUT2D eigenvalue weighted by Crippen LogP contribution is 2.27. The molecule has 0 unspecified atom stereocenters. The molecule has 35 heavy (non-hydrogen) atoms. The molecule has 0 heterocycles. The second-order valence-electron chi connectivity index (χ2n) is 8.14. The van der Waals surface area contributed by atoms with Gasteiger partial charge in [0, 0.05) is 25.2 Å². The van der Waals surface area contributed by atoms with Gasteiger partial charge in [-0.2, -0.15) is 0 Å². The van der Waals surface area contributed by atoms with E-state index < -0.39 is 33.4 Å². The van der Waals surface area contributed by atoms with Gasteiger partial charge < -0.3 is 10.2 Å². The molecule has 2 amide bonds. The minimum atomic E-state index is -3.98. The lowest BCUT2D eigenvalue weighted by molar-refractivity contribution is -0.384. The van der Waals surface area contributed by atoms with Crippen molar-refractivity contribution in [1.82, 2.24) is 10.2 Å². The molecular weight excluding hydrogens is 472 g/mol. The molecule has 0 aliphatic carbocycles. The molecule has 0 saturated carbocycles. The number of carbonyl (C=O) groups excluding carboxylic acids is 2. The van der Waals surface area contributed by atoms with Crippen molar-refractivity contribution >= 4 is 33.2 Å². The molecule has 190 valence electrons. The maximum absolute atomic E-state index is 13.5. The average molecular weight is 505 g/mol. The standard InChI is InChI=1S/C24H32N4O6S/c1-5-21(24(30)25-6-2)26(15-14-19-10-8-7-9-11-19)23(29)17-27(35(4,33)34)22-16-20(28(31)32)13-12-18(22)3/h7-13,16,21H,5-6,14-15,17H2,1-4H3,(H,25,30)/t21-/m0/s1. The smallest absolute Gasteiger partial charge is 0.271 e. The number of rotatable bonds is 12. The number of non-ortho nitro benzene ring substituents is 1. The van der Waals surface area contributed by atoms with Crippen LogP contribution >= 0.6 is 0 Å². The van der Waals surface area contributed by atoms with Crippen molar-refractivity contribution in [2.45, 2.75) is 39.7 Å². The maximum Gasteiger partial charge on any atom is 0.271 e. The monoisotopic (exact) mass is 504 g/mol. The zero-order valence-corrected chi connectivity index (χ0v) is 21.2. The first-order valence-corrected chi connectivity index (χ1v) is 13.2. The summed E-state index contributed by atoms with van der Waals surface area (Å²) < 4.78 is 26.2. The van der Waals surface area contributed by atoms with Crippen molar-refractivity contribution in [3.05, 3.63) is 69.8 Å². The van der Waals surface area contributed by atoms with Crippen molar-refractivity contribution in [1.29, 1.82) is 0 Å². The van der Waals surface area contributed by atoms with Crippen LogP contribution in [0.15, 0.2) is 48.5 Å². The van der Waals surface area contributed by atoms with E-state index in [1.807, 2.05) is 30.3 Å². The number of nitro groups is 1. The van der Waals surface area contributed by atoms with Crippen LogP contribution in [0.1, 0.15) is 31.4 Å². The highest BCUT2D eigenvalue weighted by Gasteiger charge is 2.32. The summed E-state index contributed by atoms with van der Waals surface area (Å²) in [7, 11) is -3.98. The molecule has 2 rings (SSSR count). The third-order valence-electron chi connectivity index (χ3n) is 5.57. The van der Waals surface area contributed by atoms with Crippen molar-refractivity contribution in [2.75, 3.05) is 30.2 Å². The topological polar surface area (TPSA) is 130 Å². The van der Waals surface area contributed by atoms with Gasteiger partial charge in [0.2, 0.25) is 21.8 Å². The second-order valence-corrected chi connectivity index (χ2v) is 10.0. The van der Waals surface area contributed by atoms with Crippen LogP contribution in [0, 0.1) is 17.0 Å². The zero-order chi connectivity index (χ0) is 26.2. The van der Waals surface area contributed by atoms with Crippen LogP contribution in [0.3, 0.4) is 0 Å². The molecule has 2 aromatic carbocycles. The largest absolute Gasteiger partial charge is 0.355 e. The van der Waals surface area contributed by atoms with E-state index in [0.29, 0.717) is 24.9 Å². The van der Waals surface area contributed by atoms with Crippen molar-refractivity contribution in [2.24, 2.45) is 0 Å². The Bertz CT molecular complexity index is 1150. The minimum absolute atomic E-state index is 0.0455. The van der Waals surface area contributed by atoms with E-state index >= 15 is 0 Å². The van der Waals surface area contributed by atoms with E-state index in [1.54, 1.807) is 20.8 Å². The molecule has 0 radical (unpaired) electrons. The predicted octanol–water partition coefficient (Wildman–Crippen LogP) is 2.66. The lowest BCUT2D eigenvalue weighted by Gasteiger charge is -2.33. The summed E-state index contributed by atoms with van der Waals surface area (Å²) in [6, 6.07) is 12.5. The molecule has 10 nitrogen and oxygen atoms in total. The van der Waals surface area contributed by atoms with Gasteiger partial charge >= 0.3 is 0 Å². The third kappa shape index (κ3) is 7.51. The fraction of sp³-hybridized carbons (Fsp3) is 0.417. The van der Waals surface area contributed by atoms with Crippen molar-refractivity contribution in [3.8, 4) is 0 Å². The first-order chi connectivity index (χ1) is 16.5. The number of amides is 2. The Hall–Kier alpha value is -3.47. The lowest BCUT2D eigenvalue weighted by atomic mass is 10.1. The Morgan fingerprint density at radius 3 is 2.31 bits per heavy atom. The van der Waals surface area contributed by atoms with Gasteiger partial charge in [0.05, 0.1) is 16.9 Å². The molecule has 11 heteroatoms. The predicted molar refractivity (Wildman–Crippen MR) is 135 cm³/mol. The number of hydrogen-bond donors (Lipinski definition) is 1. The first-order valence-electron chi connectivity index (χ1n) is 11.3. The molecular formula is C24H32N4O6S. The van der Waals surface area contributed by atoms with E-state index in [1.165, 1.54) is 17.0 Å². The van der Waals surface area contributed by atoms with Gasteiger partial charge in [0.1, 0.15) is 12.6 Å². The van der Waals surface area contributed by atoms with Crippen LogP contribution in [-0.4, -0.2) is 62.0 Å². The van der Waals surface area contributed by atoms with Gasteiger partial charge in [-0.25, -0.2) is 8.42 Å². The molecule has 0 fully saturated rings. The number of carbonyl (C=O) groups is 2. The Morgan fingerprint density at radius 2 is 1.77 bits per heavy atom. The van der Waals surface area contributed by atoms with Gasteiger partial charge in [-0.3, -0.25) is 24.0 Å². The number of nitro benzene ring substituents is 1. The summed E-state index contributed by atoms with van der Waals surface area (Å²) >= 11 is 0. The van der Waals surface area contributed by atoms with E-state index in [2.05, 4.69) is 5.32 Å². The number of hydrogen-bond acceptors (Lipinski definition) is 6. The summed E-state index contributed by atoms with van der Waals surface area (Å²) in [5.74, 6) is -0.899. The Labute approximate surface area is 206 Å². The second kappa shape index (κ2) is 12.3. The van der Waals surface area contributed by atoms with Crippen LogP contribution < -0.4 is 9.62 Å². The number of benzene rings is 2. The fourth-order valence-electron chi connectivity index (χ4n) is 3.76. The van der Waals surface area contributed by atoms with Crippen LogP contribution in [0.5, 0.6) is 0 Å². The SMILES string of the molecule is CCNC(=O)[C@H](CC)N(CCc1ccccc1)C(=O)CN(c1cc([N+](=O)[O-])ccc1C)S(C)(=O)=O. The lowest BCUT2D eigenvalue weighted by Crippen LogP contribution is -2.53. The zero-order valence-electron chi connectivity index (χ0n) is 20.4. The summed E-state index contributed by atoms with van der Waals surface area (Å²) in [6.45, 7) is 5.16. The molecule has 0 aliphatic rings. The Morgan fingerprint density at radius 1 is 1.11 bits per heavy atom. The molecule has 0 aliphatic heterocycles. The molecule has 2 aromatic rings. The summed E-state index contributed by atoms with van der Waals surface area (Å²) in [5, 5.41) is 14.0. The van der Waals surface area contributed by atoms with Gasteiger partial charge in [-0.1, -0.05) is 43.3 Å². The molecule has 1 atom stereocenters. The third-order valence-corrected chi connectivity index (χ3v) is 6.70. The Balaban J connectivity index is 2.44. The molecule has 1 N–H and O–H groups in total. The quantitative estimate of drug-likeness (QED) is 0.349. The summed E-state index contributed by atoms with van der Waals surface area (Å²) in [5.41, 5.74) is 1.18. The number of nitrogens with one attached hydrogen (secondary N) is 1. The van der Waals surface area contributed by atoms with Crippen LogP contribution in [-0.2, 0) is 26.0 Å². The van der Waals surface area contributed by atoms with Crippen LogP contribution in [0.2, 0.25) is 0 Å². The molecule has 0 spiro atoms. The number of aryl methyl sites for hydroxylation is 1. The van der Waals surface area contributed by atoms with Gasteiger partial charge in [0.15, 0.2) is 0 Å². The van der Waals surface area contributed by atoms with Gasteiger partial charge in [-0.15, -0.1) is 0 Å². The number of anilines is 1. The van der Waals surface area contributed by atoms with Gasteiger partial charge in [-0.05, 0) is 37.8 Å².